The van der Waals surface area contributed by atoms with Gasteiger partial charge in [-0.25, -0.2) is 4.79 Å². The lowest BCUT2D eigenvalue weighted by Crippen LogP contribution is -2.27. The van der Waals surface area contributed by atoms with Crippen molar-refractivity contribution in [3.8, 4) is 16.9 Å². The number of hydrogen-bond acceptors (Lipinski definition) is 3. The summed E-state index contributed by atoms with van der Waals surface area (Å²) in [6, 6.07) is 21.3. The summed E-state index contributed by atoms with van der Waals surface area (Å²) in [5.41, 5.74) is 7.84. The Morgan fingerprint density at radius 3 is 2.00 bits per heavy atom. The lowest BCUT2D eigenvalue weighted by molar-refractivity contribution is -0.157. The number of esters is 1. The molecule has 3 aromatic rings. The van der Waals surface area contributed by atoms with Gasteiger partial charge in [-0.05, 0) is 86.9 Å². The Balaban J connectivity index is 1.81. The lowest BCUT2D eigenvalue weighted by atomic mass is 9.91. The SMILES string of the molecule is Cc1ccccc1-c1ccccc1Cc1cc(C)c(OCC(=O)OC(C)(C)C)c(C)c1. The molecule has 31 heavy (non-hydrogen) atoms. The van der Waals surface area contributed by atoms with Crippen molar-refractivity contribution in [2.75, 3.05) is 6.61 Å². The highest BCUT2D eigenvalue weighted by Crippen LogP contribution is 2.31. The van der Waals surface area contributed by atoms with Gasteiger partial charge in [0.2, 0.25) is 0 Å². The average Bonchev–Trinajstić information content (AvgIpc) is 2.67. The summed E-state index contributed by atoms with van der Waals surface area (Å²) in [6.45, 7) is 11.7. The Labute approximate surface area is 186 Å². The molecule has 3 aromatic carbocycles. The summed E-state index contributed by atoms with van der Waals surface area (Å²) in [5, 5.41) is 0. The van der Waals surface area contributed by atoms with Crippen LogP contribution in [0.2, 0.25) is 0 Å². The molecule has 0 aliphatic carbocycles. The van der Waals surface area contributed by atoms with Crippen molar-refractivity contribution in [1.29, 1.82) is 0 Å². The van der Waals surface area contributed by atoms with Crippen LogP contribution in [0.3, 0.4) is 0 Å². The van der Waals surface area contributed by atoms with Crippen LogP contribution in [0.15, 0.2) is 60.7 Å². The van der Waals surface area contributed by atoms with Gasteiger partial charge in [0.15, 0.2) is 6.61 Å². The molecule has 0 spiro atoms. The van der Waals surface area contributed by atoms with Gasteiger partial charge in [0.05, 0.1) is 0 Å². The standard InChI is InChI=1S/C28H32O3/c1-19-11-7-9-13-24(19)25-14-10-8-12-23(25)17-22-15-20(2)27(21(3)16-22)30-18-26(29)31-28(4,5)6/h7-16H,17-18H2,1-6H3. The highest BCUT2D eigenvalue weighted by atomic mass is 16.6. The number of aryl methyl sites for hydroxylation is 3. The molecule has 0 fully saturated rings. The van der Waals surface area contributed by atoms with Gasteiger partial charge in [-0.2, -0.15) is 0 Å². The Morgan fingerprint density at radius 1 is 0.806 bits per heavy atom. The first-order chi connectivity index (χ1) is 14.6. The molecule has 3 heteroatoms. The maximum Gasteiger partial charge on any atom is 0.344 e. The molecular weight excluding hydrogens is 384 g/mol. The first-order valence-electron chi connectivity index (χ1n) is 10.7. The normalized spacial score (nSPS) is 11.3. The van der Waals surface area contributed by atoms with E-state index in [0.29, 0.717) is 0 Å². The number of hydrogen-bond donors (Lipinski definition) is 0. The molecule has 0 saturated heterocycles. The molecule has 0 bridgehead atoms. The van der Waals surface area contributed by atoms with E-state index < -0.39 is 5.60 Å². The van der Waals surface area contributed by atoms with E-state index in [4.69, 9.17) is 9.47 Å². The van der Waals surface area contributed by atoms with E-state index in [9.17, 15) is 4.79 Å². The maximum atomic E-state index is 12.0. The number of carbonyl (C=O) groups is 1. The van der Waals surface area contributed by atoms with Crippen LogP contribution in [0.1, 0.15) is 48.6 Å². The number of carbonyl (C=O) groups excluding carboxylic acids is 1. The third-order valence-electron chi connectivity index (χ3n) is 5.12. The number of rotatable bonds is 6. The van der Waals surface area contributed by atoms with E-state index in [2.05, 4.69) is 67.6 Å². The van der Waals surface area contributed by atoms with Crippen molar-refractivity contribution in [3.05, 3.63) is 88.5 Å². The monoisotopic (exact) mass is 416 g/mol. The van der Waals surface area contributed by atoms with Crippen molar-refractivity contribution in [1.82, 2.24) is 0 Å². The lowest BCUT2D eigenvalue weighted by Gasteiger charge is -2.20. The van der Waals surface area contributed by atoms with Crippen LogP contribution in [0, 0.1) is 20.8 Å². The molecule has 0 N–H and O–H groups in total. The molecule has 3 rings (SSSR count). The van der Waals surface area contributed by atoms with Gasteiger partial charge >= 0.3 is 5.97 Å². The summed E-state index contributed by atoms with van der Waals surface area (Å²) in [5.74, 6) is 0.393. The molecule has 0 radical (unpaired) electrons. The Hall–Kier alpha value is -3.07. The van der Waals surface area contributed by atoms with Crippen molar-refractivity contribution in [2.45, 2.75) is 53.6 Å². The van der Waals surface area contributed by atoms with Gasteiger partial charge in [-0.3, -0.25) is 0 Å². The van der Waals surface area contributed by atoms with E-state index in [0.717, 1.165) is 23.3 Å². The molecule has 0 unspecified atom stereocenters. The fraction of sp³-hybridized carbons (Fsp3) is 0.321. The molecule has 0 heterocycles. The summed E-state index contributed by atoms with van der Waals surface area (Å²) in [6.07, 6.45) is 0.832. The number of ether oxygens (including phenoxy) is 2. The molecule has 0 aliphatic rings. The van der Waals surface area contributed by atoms with Gasteiger partial charge in [-0.15, -0.1) is 0 Å². The van der Waals surface area contributed by atoms with Crippen LogP contribution in [-0.2, 0) is 16.0 Å². The fourth-order valence-electron chi connectivity index (χ4n) is 3.90. The van der Waals surface area contributed by atoms with Crippen molar-refractivity contribution < 1.29 is 14.3 Å². The second-order valence-electron chi connectivity index (χ2n) is 9.08. The van der Waals surface area contributed by atoms with E-state index >= 15 is 0 Å². The topological polar surface area (TPSA) is 35.5 Å². The van der Waals surface area contributed by atoms with E-state index in [-0.39, 0.29) is 12.6 Å². The largest absolute Gasteiger partial charge is 0.481 e. The zero-order valence-corrected chi connectivity index (χ0v) is 19.4. The molecule has 0 aliphatic heterocycles. The summed E-state index contributed by atoms with van der Waals surface area (Å²) >= 11 is 0. The Bertz CT molecular complexity index is 1050. The van der Waals surface area contributed by atoms with Crippen LogP contribution < -0.4 is 4.74 Å². The minimum atomic E-state index is -0.515. The van der Waals surface area contributed by atoms with Crippen LogP contribution in [0.5, 0.6) is 5.75 Å². The van der Waals surface area contributed by atoms with Crippen molar-refractivity contribution >= 4 is 5.97 Å². The summed E-state index contributed by atoms with van der Waals surface area (Å²) in [4.78, 5) is 12.0. The molecule has 162 valence electrons. The van der Waals surface area contributed by atoms with Gasteiger partial charge in [-0.1, -0.05) is 60.7 Å². The predicted octanol–water partition coefficient (Wildman–Crippen LogP) is 6.59. The maximum absolute atomic E-state index is 12.0. The quantitative estimate of drug-likeness (QED) is 0.425. The van der Waals surface area contributed by atoms with Crippen molar-refractivity contribution in [2.24, 2.45) is 0 Å². The Morgan fingerprint density at radius 2 is 1.39 bits per heavy atom. The molecule has 0 amide bonds. The van der Waals surface area contributed by atoms with Crippen LogP contribution >= 0.6 is 0 Å². The summed E-state index contributed by atoms with van der Waals surface area (Å²) in [7, 11) is 0. The predicted molar refractivity (Wildman–Crippen MR) is 127 cm³/mol. The third kappa shape index (κ3) is 5.97. The first-order valence-corrected chi connectivity index (χ1v) is 10.7. The second kappa shape index (κ2) is 9.38. The third-order valence-corrected chi connectivity index (χ3v) is 5.12. The fourth-order valence-corrected chi connectivity index (χ4v) is 3.90. The van der Waals surface area contributed by atoms with E-state index in [1.54, 1.807) is 0 Å². The number of benzene rings is 3. The molecule has 3 nitrogen and oxygen atoms in total. The first kappa shape index (κ1) is 22.6. The molecular formula is C28H32O3. The van der Waals surface area contributed by atoms with Crippen LogP contribution in [0.4, 0.5) is 0 Å². The van der Waals surface area contributed by atoms with E-state index in [1.165, 1.54) is 27.8 Å². The van der Waals surface area contributed by atoms with Gasteiger partial charge in [0, 0.05) is 0 Å². The highest BCUT2D eigenvalue weighted by molar-refractivity contribution is 5.72. The van der Waals surface area contributed by atoms with Crippen molar-refractivity contribution in [3.63, 3.8) is 0 Å². The summed E-state index contributed by atoms with van der Waals surface area (Å²) < 4.78 is 11.2. The highest BCUT2D eigenvalue weighted by Gasteiger charge is 2.18. The zero-order chi connectivity index (χ0) is 22.6. The van der Waals surface area contributed by atoms with E-state index in [1.807, 2.05) is 34.6 Å². The molecule has 0 aromatic heterocycles. The van der Waals surface area contributed by atoms with Crippen LogP contribution in [-0.4, -0.2) is 18.2 Å². The zero-order valence-electron chi connectivity index (χ0n) is 19.4. The molecule has 0 atom stereocenters. The second-order valence-corrected chi connectivity index (χ2v) is 9.08. The Kier molecular flexibility index (Phi) is 6.84. The van der Waals surface area contributed by atoms with Gasteiger partial charge < -0.3 is 9.47 Å². The van der Waals surface area contributed by atoms with Gasteiger partial charge in [0.1, 0.15) is 11.4 Å². The molecule has 0 saturated carbocycles. The average molecular weight is 417 g/mol. The van der Waals surface area contributed by atoms with Crippen LogP contribution in [0.25, 0.3) is 11.1 Å². The van der Waals surface area contributed by atoms with Gasteiger partial charge in [0.25, 0.3) is 0 Å². The minimum Gasteiger partial charge on any atom is -0.481 e. The minimum absolute atomic E-state index is 0.0889. The smallest absolute Gasteiger partial charge is 0.344 e.